The van der Waals surface area contributed by atoms with Crippen molar-refractivity contribution < 1.29 is 12.8 Å². The maximum absolute atomic E-state index is 13.5. The van der Waals surface area contributed by atoms with E-state index in [1.807, 2.05) is 6.92 Å². The molecule has 6 heteroatoms. The van der Waals surface area contributed by atoms with Gasteiger partial charge in [0.1, 0.15) is 5.82 Å². The summed E-state index contributed by atoms with van der Waals surface area (Å²) in [7, 11) is -3.67. The predicted octanol–water partition coefficient (Wildman–Crippen LogP) is 3.35. The van der Waals surface area contributed by atoms with E-state index >= 15 is 0 Å². The zero-order chi connectivity index (χ0) is 16.0. The summed E-state index contributed by atoms with van der Waals surface area (Å²) in [5.74, 6) is -0.565. The number of nitrogen functional groups attached to an aromatic ring is 1. The van der Waals surface area contributed by atoms with Crippen LogP contribution in [-0.2, 0) is 10.0 Å². The average Bonchev–Trinajstić information content (AvgIpc) is 2.41. The molecule has 120 valence electrons. The summed E-state index contributed by atoms with van der Waals surface area (Å²) >= 11 is 0. The number of hydrogen-bond donors (Lipinski definition) is 2. The first-order chi connectivity index (χ1) is 9.81. The molecular weight excluding hydrogens is 291 g/mol. The molecule has 21 heavy (non-hydrogen) atoms. The maximum Gasteiger partial charge on any atom is 0.240 e. The van der Waals surface area contributed by atoms with Crippen LogP contribution in [0.4, 0.5) is 10.1 Å². The number of aryl methyl sites for hydroxylation is 1. The van der Waals surface area contributed by atoms with Gasteiger partial charge in [0, 0.05) is 6.04 Å². The van der Waals surface area contributed by atoms with Gasteiger partial charge in [0.15, 0.2) is 0 Å². The molecule has 0 aliphatic carbocycles. The van der Waals surface area contributed by atoms with Gasteiger partial charge < -0.3 is 5.73 Å². The second kappa shape index (κ2) is 7.75. The molecule has 0 spiro atoms. The highest BCUT2D eigenvalue weighted by Gasteiger charge is 2.21. The average molecular weight is 316 g/mol. The van der Waals surface area contributed by atoms with Crippen LogP contribution in [0.2, 0.25) is 0 Å². The van der Waals surface area contributed by atoms with E-state index in [-0.39, 0.29) is 22.2 Å². The lowest BCUT2D eigenvalue weighted by Gasteiger charge is -2.18. The lowest BCUT2D eigenvalue weighted by atomic mass is 10.1. The minimum Gasteiger partial charge on any atom is -0.396 e. The van der Waals surface area contributed by atoms with Gasteiger partial charge in [-0.3, -0.25) is 0 Å². The summed E-state index contributed by atoms with van der Waals surface area (Å²) in [4.78, 5) is 0.0245. The number of benzene rings is 1. The SMILES string of the molecule is CCCCC(CCC)NS(=O)(=O)c1cc(C)c(F)c(N)c1. The summed E-state index contributed by atoms with van der Waals surface area (Å²) in [6, 6.07) is 2.40. The van der Waals surface area contributed by atoms with E-state index in [0.717, 1.165) is 32.1 Å². The third-order valence-electron chi connectivity index (χ3n) is 3.43. The number of halogens is 1. The second-order valence-electron chi connectivity index (χ2n) is 5.39. The molecule has 1 rings (SSSR count). The molecule has 1 unspecified atom stereocenters. The molecule has 0 aliphatic heterocycles. The van der Waals surface area contributed by atoms with Crippen molar-refractivity contribution in [3.63, 3.8) is 0 Å². The van der Waals surface area contributed by atoms with Crippen LogP contribution < -0.4 is 10.5 Å². The fraction of sp³-hybridized carbons (Fsp3) is 0.600. The Morgan fingerprint density at radius 2 is 1.90 bits per heavy atom. The Hall–Kier alpha value is -1.14. The van der Waals surface area contributed by atoms with Gasteiger partial charge in [0.2, 0.25) is 10.0 Å². The number of nitrogens with one attached hydrogen (secondary N) is 1. The zero-order valence-corrected chi connectivity index (χ0v) is 13.8. The number of rotatable bonds is 8. The van der Waals surface area contributed by atoms with Crippen molar-refractivity contribution in [2.24, 2.45) is 0 Å². The molecule has 0 amide bonds. The van der Waals surface area contributed by atoms with Crippen LogP contribution in [0.15, 0.2) is 17.0 Å². The number of unbranched alkanes of at least 4 members (excludes halogenated alkanes) is 1. The fourth-order valence-corrected chi connectivity index (χ4v) is 3.69. The van der Waals surface area contributed by atoms with E-state index in [0.29, 0.717) is 0 Å². The first-order valence-electron chi connectivity index (χ1n) is 7.39. The molecule has 0 radical (unpaired) electrons. The van der Waals surface area contributed by atoms with Crippen molar-refractivity contribution >= 4 is 15.7 Å². The van der Waals surface area contributed by atoms with Crippen molar-refractivity contribution in [3.8, 4) is 0 Å². The van der Waals surface area contributed by atoms with Crippen LogP contribution in [0, 0.1) is 12.7 Å². The van der Waals surface area contributed by atoms with E-state index in [1.165, 1.54) is 19.1 Å². The van der Waals surface area contributed by atoms with E-state index in [9.17, 15) is 12.8 Å². The molecule has 0 saturated carbocycles. The minimum absolute atomic E-state index is 0.0245. The van der Waals surface area contributed by atoms with Crippen LogP contribution in [0.25, 0.3) is 0 Å². The molecule has 0 aliphatic rings. The Kier molecular flexibility index (Phi) is 6.61. The van der Waals surface area contributed by atoms with Gasteiger partial charge in [-0.2, -0.15) is 0 Å². The van der Waals surface area contributed by atoms with Crippen molar-refractivity contribution in [2.45, 2.75) is 63.8 Å². The number of hydrogen-bond acceptors (Lipinski definition) is 3. The van der Waals surface area contributed by atoms with Gasteiger partial charge >= 0.3 is 0 Å². The van der Waals surface area contributed by atoms with Crippen molar-refractivity contribution in [3.05, 3.63) is 23.5 Å². The Balaban J connectivity index is 2.98. The Bertz CT molecular complexity index is 550. The topological polar surface area (TPSA) is 72.2 Å². The van der Waals surface area contributed by atoms with Gasteiger partial charge in [-0.05, 0) is 37.5 Å². The molecule has 1 atom stereocenters. The molecule has 0 fully saturated rings. The predicted molar refractivity (Wildman–Crippen MR) is 84.1 cm³/mol. The van der Waals surface area contributed by atoms with Crippen LogP contribution in [-0.4, -0.2) is 14.5 Å². The first-order valence-corrected chi connectivity index (χ1v) is 8.88. The first kappa shape index (κ1) is 17.9. The van der Waals surface area contributed by atoms with Gasteiger partial charge in [0.25, 0.3) is 0 Å². The van der Waals surface area contributed by atoms with E-state index < -0.39 is 15.8 Å². The highest BCUT2D eigenvalue weighted by Crippen LogP contribution is 2.21. The van der Waals surface area contributed by atoms with E-state index in [2.05, 4.69) is 11.6 Å². The molecule has 1 aromatic rings. The number of anilines is 1. The molecule has 0 saturated heterocycles. The molecule has 0 aromatic heterocycles. The summed E-state index contributed by atoms with van der Waals surface area (Å²) in [5, 5.41) is 0. The van der Waals surface area contributed by atoms with Crippen LogP contribution in [0.1, 0.15) is 51.5 Å². The van der Waals surface area contributed by atoms with E-state index in [4.69, 9.17) is 5.73 Å². The smallest absolute Gasteiger partial charge is 0.240 e. The fourth-order valence-electron chi connectivity index (χ4n) is 2.27. The number of sulfonamides is 1. The zero-order valence-electron chi connectivity index (χ0n) is 12.9. The van der Waals surface area contributed by atoms with Crippen molar-refractivity contribution in [1.29, 1.82) is 0 Å². The van der Waals surface area contributed by atoms with Crippen LogP contribution in [0.3, 0.4) is 0 Å². The lowest BCUT2D eigenvalue weighted by molar-refractivity contribution is 0.483. The highest BCUT2D eigenvalue weighted by atomic mass is 32.2. The summed E-state index contributed by atoms with van der Waals surface area (Å²) in [6.45, 7) is 5.60. The molecule has 4 nitrogen and oxygen atoms in total. The Morgan fingerprint density at radius 1 is 1.24 bits per heavy atom. The van der Waals surface area contributed by atoms with Crippen LogP contribution in [0.5, 0.6) is 0 Å². The third-order valence-corrected chi connectivity index (χ3v) is 4.93. The molecule has 3 N–H and O–H groups in total. The largest absolute Gasteiger partial charge is 0.396 e. The quantitative estimate of drug-likeness (QED) is 0.722. The minimum atomic E-state index is -3.67. The summed E-state index contributed by atoms with van der Waals surface area (Å²) in [6.07, 6.45) is 4.48. The van der Waals surface area contributed by atoms with Crippen LogP contribution >= 0.6 is 0 Å². The van der Waals surface area contributed by atoms with Crippen molar-refractivity contribution in [1.82, 2.24) is 4.72 Å². The maximum atomic E-state index is 13.5. The van der Waals surface area contributed by atoms with Gasteiger partial charge in [-0.15, -0.1) is 0 Å². The van der Waals surface area contributed by atoms with Gasteiger partial charge in [-0.1, -0.05) is 33.1 Å². The standard InChI is InChI=1S/C15H25FN2O2S/c1-4-6-8-12(7-5-2)18-21(19,20)13-9-11(3)15(16)14(17)10-13/h9-10,12,18H,4-8,17H2,1-3H3. The molecule has 0 bridgehead atoms. The third kappa shape index (κ3) is 4.97. The Morgan fingerprint density at radius 3 is 2.43 bits per heavy atom. The van der Waals surface area contributed by atoms with Gasteiger partial charge in [-0.25, -0.2) is 17.5 Å². The monoisotopic (exact) mass is 316 g/mol. The highest BCUT2D eigenvalue weighted by molar-refractivity contribution is 7.89. The molecule has 1 aromatic carbocycles. The lowest BCUT2D eigenvalue weighted by Crippen LogP contribution is -2.34. The second-order valence-corrected chi connectivity index (χ2v) is 7.11. The van der Waals surface area contributed by atoms with Crippen molar-refractivity contribution in [2.75, 3.05) is 5.73 Å². The summed E-state index contributed by atoms with van der Waals surface area (Å²) < 4.78 is 41.0. The number of nitrogens with two attached hydrogens (primary N) is 1. The summed E-state index contributed by atoms with van der Waals surface area (Å²) in [5.41, 5.74) is 5.61. The van der Waals surface area contributed by atoms with Gasteiger partial charge in [0.05, 0.1) is 10.6 Å². The normalized spacial score (nSPS) is 13.3. The molecule has 0 heterocycles. The molecular formula is C15H25FN2O2S. The van der Waals surface area contributed by atoms with E-state index in [1.54, 1.807) is 0 Å². The Labute approximate surface area is 127 Å².